The van der Waals surface area contributed by atoms with Gasteiger partial charge in [0.2, 0.25) is 0 Å². The number of rotatable bonds is 0. The van der Waals surface area contributed by atoms with Crippen molar-refractivity contribution >= 4 is 12.6 Å². The van der Waals surface area contributed by atoms with Crippen LogP contribution in [0.25, 0.3) is 0 Å². The summed E-state index contributed by atoms with van der Waals surface area (Å²) in [6.45, 7) is 5.00. The molecule has 0 aliphatic rings. The topological polar surface area (TPSA) is 20.2 Å². The van der Waals surface area contributed by atoms with E-state index in [4.69, 9.17) is 5.11 Å². The van der Waals surface area contributed by atoms with Crippen LogP contribution in [0.15, 0.2) is 0 Å². The summed E-state index contributed by atoms with van der Waals surface area (Å²) < 4.78 is 0. The molecule has 0 atom stereocenters. The summed E-state index contributed by atoms with van der Waals surface area (Å²) in [6.07, 6.45) is 0. The van der Waals surface area contributed by atoms with Crippen molar-refractivity contribution < 1.29 is 37.8 Å². The second-order valence-corrected chi connectivity index (χ2v) is 0.387. The maximum absolute atomic E-state index is 7.38. The van der Waals surface area contributed by atoms with E-state index in [9.17, 15) is 0 Å². The van der Waals surface area contributed by atoms with Gasteiger partial charge in [-0.25, -0.2) is 0 Å². The minimum atomic E-state index is -0.167. The van der Waals surface area contributed by atoms with E-state index >= 15 is 0 Å². The Morgan fingerprint density at radius 1 is 1.67 bits per heavy atom. The molecule has 0 heterocycles. The zero-order chi connectivity index (χ0) is 4.71. The average Bonchev–Trinajstić information content (AvgIpc) is 1.46. The molecule has 0 aromatic carbocycles. The van der Waals surface area contributed by atoms with Gasteiger partial charge in [0.05, 0.1) is 0 Å². The predicted octanol–water partition coefficient (Wildman–Crippen LogP) is 0.321. The molecule has 1 radical (unpaired) electrons. The largest absolute Gasteiger partial charge is 0.765 e. The van der Waals surface area contributed by atoms with Crippen LogP contribution < -0.4 is 0 Å². The Labute approximate surface area is 69.8 Å². The van der Waals surface area contributed by atoms with Gasteiger partial charge in [-0.05, 0) is 0 Å². The van der Waals surface area contributed by atoms with Crippen LogP contribution in [0.3, 0.4) is 0 Å². The fourth-order valence-electron chi connectivity index (χ4n) is 0. The van der Waals surface area contributed by atoms with Crippen LogP contribution in [0.1, 0.15) is 6.92 Å². The van der Waals surface area contributed by atoms with E-state index in [1.807, 2.05) is 0 Å². The number of aliphatic hydroxyl groups excluding tert-OH is 1. The van der Waals surface area contributed by atoms with Crippen molar-refractivity contribution in [3.05, 3.63) is 6.92 Å². The van der Waals surface area contributed by atoms with E-state index in [0.29, 0.717) is 0 Å². The van der Waals surface area contributed by atoms with Gasteiger partial charge in [-0.3, -0.25) is 0 Å². The van der Waals surface area contributed by atoms with Gasteiger partial charge in [-0.1, -0.05) is 5.94 Å². The van der Waals surface area contributed by atoms with Gasteiger partial charge in [0, 0.05) is 32.7 Å². The van der Waals surface area contributed by atoms with Crippen LogP contribution in [0.2, 0.25) is 0 Å². The third-order valence-corrected chi connectivity index (χ3v) is 0. The Kier molecular flexibility index (Phi) is 84.2. The first-order valence-corrected chi connectivity index (χ1v) is 1.89. The molecule has 1 N–H and O–H groups in total. The molecule has 0 fully saturated rings. The first-order valence-electron chi connectivity index (χ1n) is 1.31. The first kappa shape index (κ1) is 15.7. The van der Waals surface area contributed by atoms with Crippen molar-refractivity contribution in [2.45, 2.75) is 6.92 Å². The minimum Gasteiger partial charge on any atom is -0.765 e. The van der Waals surface area contributed by atoms with Crippen LogP contribution in [-0.2, 0) is 45.3 Å². The molecular weight excluding hydrogens is 173 g/mol. The van der Waals surface area contributed by atoms with Crippen molar-refractivity contribution in [1.29, 1.82) is 0 Å². The molecule has 0 unspecified atom stereocenters. The molecule has 6 heavy (non-hydrogen) atoms. The monoisotopic (exact) mass is 181 g/mol. The average molecular weight is 181 g/mol. The SMILES string of the molecule is OC[S-].[CH2-]C.[Y]. The Bertz CT molecular complexity index is 10.8. The summed E-state index contributed by atoms with van der Waals surface area (Å²) in [6, 6.07) is 0. The zero-order valence-corrected chi connectivity index (χ0v) is 7.50. The summed E-state index contributed by atoms with van der Waals surface area (Å²) in [4.78, 5) is 0. The fourth-order valence-corrected chi connectivity index (χ4v) is 0. The number of hydrogen-bond acceptors (Lipinski definition) is 2. The molecule has 0 saturated carbocycles. The molecule has 3 heteroatoms. The summed E-state index contributed by atoms with van der Waals surface area (Å²) in [7, 11) is 0. The van der Waals surface area contributed by atoms with E-state index < -0.39 is 0 Å². The van der Waals surface area contributed by atoms with Crippen molar-refractivity contribution in [2.75, 3.05) is 5.94 Å². The molecule has 37 valence electrons. The van der Waals surface area contributed by atoms with Crippen molar-refractivity contribution in [2.24, 2.45) is 0 Å². The summed E-state index contributed by atoms with van der Waals surface area (Å²) >= 11 is 3.95. The standard InChI is InChI=1S/C2H5.CH4OS.Y/c1-2;2-1-3;/h1H2,2H3;2-3H,1H2;/q-1;;/p-1. The summed E-state index contributed by atoms with van der Waals surface area (Å²) in [5, 5.41) is 7.38. The predicted molar refractivity (Wildman–Crippen MR) is 25.5 cm³/mol. The van der Waals surface area contributed by atoms with Crippen molar-refractivity contribution in [3.63, 3.8) is 0 Å². The molecule has 0 aromatic heterocycles. The smallest absolute Gasteiger partial charge is 0 e. The van der Waals surface area contributed by atoms with Crippen LogP contribution in [-0.4, -0.2) is 11.0 Å². The van der Waals surface area contributed by atoms with Gasteiger partial charge < -0.3 is 24.7 Å². The maximum Gasteiger partial charge on any atom is 0 e. The number of hydrogen-bond donors (Lipinski definition) is 1. The fraction of sp³-hybridized carbons (Fsp3) is 0.667. The van der Waals surface area contributed by atoms with Gasteiger partial charge in [-0.15, -0.1) is 0 Å². The van der Waals surface area contributed by atoms with Crippen LogP contribution in [0.4, 0.5) is 0 Å². The quantitative estimate of drug-likeness (QED) is 0.429. The van der Waals surface area contributed by atoms with Crippen molar-refractivity contribution in [1.82, 2.24) is 0 Å². The van der Waals surface area contributed by atoms with E-state index in [1.54, 1.807) is 6.92 Å². The molecule has 0 spiro atoms. The summed E-state index contributed by atoms with van der Waals surface area (Å²) in [5.41, 5.74) is 0. The third-order valence-electron chi connectivity index (χ3n) is 0. The maximum atomic E-state index is 7.38. The van der Waals surface area contributed by atoms with Gasteiger partial charge in [0.25, 0.3) is 0 Å². The van der Waals surface area contributed by atoms with Gasteiger partial charge in [-0.2, -0.15) is 6.92 Å². The van der Waals surface area contributed by atoms with E-state index in [1.165, 1.54) is 0 Å². The van der Waals surface area contributed by atoms with Gasteiger partial charge >= 0.3 is 0 Å². The molecule has 0 saturated heterocycles. The molecule has 0 aliphatic heterocycles. The van der Waals surface area contributed by atoms with E-state index in [2.05, 4.69) is 19.6 Å². The Balaban J connectivity index is -0.0000000275. The molecule has 0 aliphatic carbocycles. The van der Waals surface area contributed by atoms with Crippen molar-refractivity contribution in [3.8, 4) is 0 Å². The summed E-state index contributed by atoms with van der Waals surface area (Å²) in [5.74, 6) is -0.167. The van der Waals surface area contributed by atoms with Gasteiger partial charge in [0.15, 0.2) is 0 Å². The molecule has 0 bridgehead atoms. The van der Waals surface area contributed by atoms with Gasteiger partial charge in [0.1, 0.15) is 0 Å². The molecule has 0 aromatic rings. The zero-order valence-electron chi connectivity index (χ0n) is 3.85. The normalized spacial score (nSPS) is 4.00. The Morgan fingerprint density at radius 2 is 1.67 bits per heavy atom. The number of aliphatic hydroxyl groups is 1. The van der Waals surface area contributed by atoms with Crippen LogP contribution in [0.5, 0.6) is 0 Å². The first-order chi connectivity index (χ1) is 2.41. The van der Waals surface area contributed by atoms with Crippen LogP contribution >= 0.6 is 0 Å². The molecule has 1 nitrogen and oxygen atoms in total. The second-order valence-electron chi connectivity index (χ2n) is 0.129. The third kappa shape index (κ3) is 52.8. The van der Waals surface area contributed by atoms with E-state index in [-0.39, 0.29) is 38.6 Å². The Morgan fingerprint density at radius 3 is 1.67 bits per heavy atom. The second kappa shape index (κ2) is 32.3. The van der Waals surface area contributed by atoms with Crippen LogP contribution in [0, 0.1) is 6.92 Å². The van der Waals surface area contributed by atoms with E-state index in [0.717, 1.165) is 0 Å². The Hall–Kier alpha value is 1.41. The molecule has 0 rings (SSSR count). The molecular formula is C3H8OSY-2. The minimum absolute atomic E-state index is 0. The molecule has 0 amide bonds.